The molecule has 4 atom stereocenters. The van der Waals surface area contributed by atoms with Gasteiger partial charge in [-0.1, -0.05) is 30.3 Å². The van der Waals surface area contributed by atoms with E-state index in [-0.39, 0.29) is 59.1 Å². The largest absolute Gasteiger partial charge is 0.465 e. The molecule has 6 nitrogen and oxygen atoms in total. The summed E-state index contributed by atoms with van der Waals surface area (Å²) in [7, 11) is 1.14. The van der Waals surface area contributed by atoms with Crippen LogP contribution < -0.4 is 4.90 Å². The van der Waals surface area contributed by atoms with Crippen molar-refractivity contribution >= 4 is 11.7 Å². The molecule has 2 bridgehead atoms. The van der Waals surface area contributed by atoms with E-state index < -0.39 is 29.3 Å². The van der Waals surface area contributed by atoms with E-state index in [1.165, 1.54) is 18.2 Å². The number of hydrogen-bond acceptors (Lipinski definition) is 6. The third kappa shape index (κ3) is 5.09. The number of methoxy groups -OCH3 is 1. The molecule has 1 aliphatic carbocycles. The molecule has 2 aromatic carbocycles. The maximum Gasteiger partial charge on any atom is 0.417 e. The minimum absolute atomic E-state index is 0.0197. The van der Waals surface area contributed by atoms with Crippen LogP contribution in [0.4, 0.5) is 27.6 Å². The molecule has 0 radical (unpaired) electrons. The number of hydrogen-bond donors (Lipinski definition) is 0. The number of anilines is 1. The number of nitrogens with zero attached hydrogens (tertiary/aromatic N) is 2. The Hall–Kier alpha value is -3.47. The standard InChI is InChI=1S/C30H29F5N2O4/c1-15-9-18-12-19(13-25(15)37(18)27-23(31)10-17(11-24(27)32)29(38)39-2)40-14-21-26(36-41-28(21)16-7-8-16)20-5-3-4-6-22(20)30(33,34)35/h3-6,10-11,15-16,18-19,25H,7-9,12-14H2,1-2H3/t15-,18?,19+,25?/m1/s1. The summed E-state index contributed by atoms with van der Waals surface area (Å²) in [6, 6.07) is 6.83. The molecule has 3 fully saturated rings. The third-order valence-corrected chi connectivity index (χ3v) is 8.50. The summed E-state index contributed by atoms with van der Waals surface area (Å²) in [4.78, 5) is 13.6. The first-order valence-electron chi connectivity index (χ1n) is 13.7. The molecule has 1 aromatic heterocycles. The number of carbonyl (C=O) groups is 1. The number of aromatic nitrogens is 1. The van der Waals surface area contributed by atoms with Crippen molar-refractivity contribution in [3.05, 3.63) is 70.5 Å². The zero-order chi connectivity index (χ0) is 29.1. The summed E-state index contributed by atoms with van der Waals surface area (Å²) in [6.07, 6.45) is -1.44. The van der Waals surface area contributed by atoms with Crippen molar-refractivity contribution in [1.29, 1.82) is 0 Å². The Morgan fingerprint density at radius 1 is 1.10 bits per heavy atom. The minimum atomic E-state index is -4.56. The van der Waals surface area contributed by atoms with Gasteiger partial charge in [-0.25, -0.2) is 13.6 Å². The van der Waals surface area contributed by atoms with Gasteiger partial charge in [0.1, 0.15) is 28.8 Å². The second-order valence-corrected chi connectivity index (χ2v) is 11.2. The highest BCUT2D eigenvalue weighted by atomic mass is 19.4. The Bertz CT molecular complexity index is 1440. The Labute approximate surface area is 233 Å². The summed E-state index contributed by atoms with van der Waals surface area (Å²) in [5, 5.41) is 4.06. The second kappa shape index (κ2) is 10.4. The molecule has 2 aliphatic heterocycles. The lowest BCUT2D eigenvalue weighted by Gasteiger charge is -2.41. The molecule has 218 valence electrons. The van der Waals surface area contributed by atoms with Crippen molar-refractivity contribution in [3.63, 3.8) is 0 Å². The Balaban J connectivity index is 1.24. The maximum absolute atomic E-state index is 15.2. The highest BCUT2D eigenvalue weighted by Gasteiger charge is 2.47. The number of piperidine rings is 1. The van der Waals surface area contributed by atoms with Gasteiger partial charge < -0.3 is 18.9 Å². The van der Waals surface area contributed by atoms with Crippen LogP contribution >= 0.6 is 0 Å². The summed E-state index contributed by atoms with van der Waals surface area (Å²) < 4.78 is 88.2. The number of benzene rings is 2. The van der Waals surface area contributed by atoms with Gasteiger partial charge in [-0.3, -0.25) is 0 Å². The van der Waals surface area contributed by atoms with Crippen LogP contribution in [0.5, 0.6) is 0 Å². The van der Waals surface area contributed by atoms with E-state index in [0.29, 0.717) is 30.6 Å². The van der Waals surface area contributed by atoms with E-state index in [1.54, 1.807) is 4.90 Å². The number of esters is 1. The molecule has 0 N–H and O–H groups in total. The van der Waals surface area contributed by atoms with Gasteiger partial charge in [-0.05, 0) is 56.2 Å². The molecule has 3 heterocycles. The van der Waals surface area contributed by atoms with Crippen molar-refractivity contribution in [2.24, 2.45) is 5.92 Å². The highest BCUT2D eigenvalue weighted by molar-refractivity contribution is 5.90. The number of halogens is 5. The van der Waals surface area contributed by atoms with Crippen LogP contribution in [0, 0.1) is 17.6 Å². The molecule has 41 heavy (non-hydrogen) atoms. The average molecular weight is 577 g/mol. The van der Waals surface area contributed by atoms with Crippen molar-refractivity contribution < 1.29 is 40.7 Å². The molecular weight excluding hydrogens is 547 g/mol. The summed E-state index contributed by atoms with van der Waals surface area (Å²) in [6.45, 7) is 2.04. The Morgan fingerprint density at radius 2 is 1.80 bits per heavy atom. The van der Waals surface area contributed by atoms with Crippen LogP contribution in [0.1, 0.15) is 72.2 Å². The molecule has 6 rings (SSSR count). The van der Waals surface area contributed by atoms with Crippen molar-refractivity contribution in [2.75, 3.05) is 12.0 Å². The lowest BCUT2D eigenvalue weighted by atomic mass is 9.95. The fourth-order valence-corrected chi connectivity index (χ4v) is 6.48. The smallest absolute Gasteiger partial charge is 0.417 e. The van der Waals surface area contributed by atoms with E-state index in [0.717, 1.165) is 38.2 Å². The monoisotopic (exact) mass is 576 g/mol. The number of fused-ring (bicyclic) bond motifs is 2. The second-order valence-electron chi connectivity index (χ2n) is 11.2. The molecule has 0 amide bonds. The first-order chi connectivity index (χ1) is 19.6. The van der Waals surface area contributed by atoms with E-state index in [9.17, 15) is 18.0 Å². The van der Waals surface area contributed by atoms with Crippen LogP contribution in [0.2, 0.25) is 0 Å². The summed E-state index contributed by atoms with van der Waals surface area (Å²) >= 11 is 0. The van der Waals surface area contributed by atoms with Crippen LogP contribution in [0.15, 0.2) is 40.9 Å². The zero-order valence-corrected chi connectivity index (χ0v) is 22.5. The molecular formula is C30H29F5N2O4. The normalized spacial score (nSPS) is 24.1. The molecule has 11 heteroatoms. The zero-order valence-electron chi connectivity index (χ0n) is 22.5. The molecule has 2 unspecified atom stereocenters. The van der Waals surface area contributed by atoms with Crippen molar-refractivity contribution in [2.45, 2.75) is 75.9 Å². The van der Waals surface area contributed by atoms with E-state index in [4.69, 9.17) is 9.26 Å². The number of rotatable bonds is 7. The van der Waals surface area contributed by atoms with Gasteiger partial charge in [0.15, 0.2) is 0 Å². The van der Waals surface area contributed by atoms with Gasteiger partial charge in [0.25, 0.3) is 0 Å². The predicted molar refractivity (Wildman–Crippen MR) is 138 cm³/mol. The number of carbonyl (C=O) groups excluding carboxylic acids is 1. The van der Waals surface area contributed by atoms with E-state index in [2.05, 4.69) is 9.89 Å². The Morgan fingerprint density at radius 3 is 2.44 bits per heavy atom. The SMILES string of the molecule is COC(=O)c1cc(F)c(N2C3C[C@H](OCc4c(-c5ccccc5C(F)(F)F)noc4C4CC4)CC2[C@H](C)C3)c(F)c1. The van der Waals surface area contributed by atoms with E-state index >= 15 is 8.78 Å². The Kier molecular flexibility index (Phi) is 7.04. The fraction of sp³-hybridized carbons (Fsp3) is 0.467. The van der Waals surface area contributed by atoms with Gasteiger partial charge in [0.2, 0.25) is 0 Å². The van der Waals surface area contributed by atoms with Crippen molar-refractivity contribution in [1.82, 2.24) is 5.16 Å². The maximum atomic E-state index is 15.2. The quantitative estimate of drug-likeness (QED) is 0.218. The summed E-state index contributed by atoms with van der Waals surface area (Å²) in [5.41, 5.74) is -0.575. The van der Waals surface area contributed by atoms with Gasteiger partial charge in [0.05, 0.1) is 30.9 Å². The molecule has 1 saturated carbocycles. The third-order valence-electron chi connectivity index (χ3n) is 8.50. The highest BCUT2D eigenvalue weighted by Crippen LogP contribution is 2.48. The van der Waals surface area contributed by atoms with Crippen molar-refractivity contribution in [3.8, 4) is 11.3 Å². The minimum Gasteiger partial charge on any atom is -0.465 e. The fourth-order valence-electron chi connectivity index (χ4n) is 6.48. The van der Waals surface area contributed by atoms with Crippen LogP contribution in [-0.4, -0.2) is 36.4 Å². The number of ether oxygens (including phenoxy) is 2. The molecule has 2 saturated heterocycles. The molecule has 3 aliphatic rings. The van der Waals surface area contributed by atoms with Crippen LogP contribution in [-0.2, 0) is 22.3 Å². The number of alkyl halides is 3. The molecule has 3 aromatic rings. The van der Waals surface area contributed by atoms with Gasteiger partial charge in [0, 0.05) is 29.1 Å². The molecule has 0 spiro atoms. The first kappa shape index (κ1) is 27.7. The lowest BCUT2D eigenvalue weighted by molar-refractivity contribution is -0.137. The van der Waals surface area contributed by atoms with Gasteiger partial charge in [-0.15, -0.1) is 0 Å². The first-order valence-corrected chi connectivity index (χ1v) is 13.7. The summed E-state index contributed by atoms with van der Waals surface area (Å²) in [5.74, 6) is -1.71. The average Bonchev–Trinajstić information content (AvgIpc) is 3.66. The topological polar surface area (TPSA) is 64.8 Å². The van der Waals surface area contributed by atoms with Crippen LogP contribution in [0.25, 0.3) is 11.3 Å². The lowest BCUT2D eigenvalue weighted by Crippen LogP contribution is -2.47. The van der Waals surface area contributed by atoms with Gasteiger partial charge >= 0.3 is 12.1 Å². The predicted octanol–water partition coefficient (Wildman–Crippen LogP) is 7.27. The van der Waals surface area contributed by atoms with E-state index in [1.807, 2.05) is 6.92 Å². The van der Waals surface area contributed by atoms with Gasteiger partial charge in [-0.2, -0.15) is 13.2 Å². The van der Waals surface area contributed by atoms with Crippen LogP contribution in [0.3, 0.4) is 0 Å².